The van der Waals surface area contributed by atoms with Gasteiger partial charge >= 0.3 is 0 Å². The highest BCUT2D eigenvalue weighted by Gasteiger charge is 2.33. The van der Waals surface area contributed by atoms with Gasteiger partial charge in [-0.3, -0.25) is 4.79 Å². The summed E-state index contributed by atoms with van der Waals surface area (Å²) in [5.41, 5.74) is 1.11. The highest BCUT2D eigenvalue weighted by molar-refractivity contribution is 7.89. The Hall–Kier alpha value is -1.77. The van der Waals surface area contributed by atoms with Crippen LogP contribution < -0.4 is 5.32 Å². The van der Waals surface area contributed by atoms with Gasteiger partial charge in [0.25, 0.3) is 0 Å². The lowest BCUT2D eigenvalue weighted by Gasteiger charge is -2.31. The first kappa shape index (κ1) is 19.5. The van der Waals surface area contributed by atoms with Crippen molar-refractivity contribution in [1.29, 1.82) is 0 Å². The summed E-state index contributed by atoms with van der Waals surface area (Å²) in [5, 5.41) is 3.59. The van der Waals surface area contributed by atoms with Gasteiger partial charge in [-0.25, -0.2) is 13.4 Å². The van der Waals surface area contributed by atoms with Gasteiger partial charge in [0.05, 0.1) is 16.5 Å². The van der Waals surface area contributed by atoms with Gasteiger partial charge in [0, 0.05) is 18.0 Å². The van der Waals surface area contributed by atoms with Crippen molar-refractivity contribution in [2.75, 3.05) is 18.4 Å². The number of sulfonamides is 1. The Labute approximate surface area is 170 Å². The van der Waals surface area contributed by atoms with Crippen LogP contribution in [-0.2, 0) is 27.7 Å². The Kier molecular flexibility index (Phi) is 5.53. The molecule has 1 aromatic carbocycles. The van der Waals surface area contributed by atoms with E-state index in [0.29, 0.717) is 30.4 Å². The molecule has 28 heavy (non-hydrogen) atoms. The maximum atomic E-state index is 12.9. The van der Waals surface area contributed by atoms with Crippen LogP contribution >= 0.6 is 11.3 Å². The lowest BCUT2D eigenvalue weighted by molar-refractivity contribution is -0.120. The summed E-state index contributed by atoms with van der Waals surface area (Å²) < 4.78 is 27.2. The molecule has 0 radical (unpaired) electrons. The molecule has 0 bridgehead atoms. The normalized spacial score (nSPS) is 23.2. The molecule has 2 aromatic rings. The highest BCUT2D eigenvalue weighted by atomic mass is 32.2. The maximum Gasteiger partial charge on any atom is 0.243 e. The standard InChI is InChI=1S/C20H25N3O3S2/c1-14-9-10-17-18(12-14)27-20(21-17)22-19(24)15-6-5-11-23(13-15)28(25,26)16-7-3-2-4-8-16/h2-4,7-8,14-15H,5-6,9-13H2,1H3,(H,21,22,24). The number of aryl methyl sites for hydroxylation is 1. The van der Waals surface area contributed by atoms with E-state index in [9.17, 15) is 13.2 Å². The number of nitrogens with zero attached hydrogens (tertiary/aromatic N) is 2. The zero-order valence-electron chi connectivity index (χ0n) is 15.9. The third-order valence-electron chi connectivity index (χ3n) is 5.55. The molecule has 4 rings (SSSR count). The zero-order chi connectivity index (χ0) is 19.7. The van der Waals surface area contributed by atoms with Gasteiger partial charge < -0.3 is 5.32 Å². The molecule has 1 saturated heterocycles. The first-order valence-corrected chi connectivity index (χ1v) is 12.0. The van der Waals surface area contributed by atoms with Crippen LogP contribution in [0.5, 0.6) is 0 Å². The number of aromatic nitrogens is 1. The van der Waals surface area contributed by atoms with Gasteiger partial charge in [-0.15, -0.1) is 11.3 Å². The number of rotatable bonds is 4. The van der Waals surface area contributed by atoms with Crippen molar-refractivity contribution in [3.8, 4) is 0 Å². The molecule has 1 fully saturated rings. The Morgan fingerprint density at radius 1 is 1.25 bits per heavy atom. The number of hydrogen-bond acceptors (Lipinski definition) is 5. The predicted octanol–water partition coefficient (Wildman–Crippen LogP) is 3.31. The number of hydrogen-bond donors (Lipinski definition) is 1. The van der Waals surface area contributed by atoms with Crippen molar-refractivity contribution < 1.29 is 13.2 Å². The maximum absolute atomic E-state index is 12.9. The quantitative estimate of drug-likeness (QED) is 0.825. The highest BCUT2D eigenvalue weighted by Crippen LogP contribution is 2.33. The number of benzene rings is 1. The second-order valence-electron chi connectivity index (χ2n) is 7.74. The van der Waals surface area contributed by atoms with E-state index in [1.54, 1.807) is 41.7 Å². The molecule has 2 atom stereocenters. The SMILES string of the molecule is CC1CCc2nc(NC(=O)C3CCCN(S(=O)(=O)c4ccccc4)C3)sc2C1. The van der Waals surface area contributed by atoms with E-state index < -0.39 is 10.0 Å². The first-order valence-electron chi connectivity index (χ1n) is 9.78. The summed E-state index contributed by atoms with van der Waals surface area (Å²) in [5.74, 6) is 0.172. The van der Waals surface area contributed by atoms with Crippen molar-refractivity contribution >= 4 is 32.4 Å². The summed E-state index contributed by atoms with van der Waals surface area (Å²) in [6.07, 6.45) is 4.49. The van der Waals surface area contributed by atoms with Crippen LogP contribution in [0.15, 0.2) is 35.2 Å². The topological polar surface area (TPSA) is 79.4 Å². The van der Waals surface area contributed by atoms with Crippen molar-refractivity contribution in [2.45, 2.75) is 43.9 Å². The molecular weight excluding hydrogens is 394 g/mol. The van der Waals surface area contributed by atoms with Crippen molar-refractivity contribution in [2.24, 2.45) is 11.8 Å². The smallest absolute Gasteiger partial charge is 0.243 e. The Balaban J connectivity index is 1.44. The number of carbonyl (C=O) groups is 1. The Morgan fingerprint density at radius 3 is 2.82 bits per heavy atom. The van der Waals surface area contributed by atoms with Crippen molar-refractivity contribution in [3.63, 3.8) is 0 Å². The fourth-order valence-corrected chi connectivity index (χ4v) is 6.64. The number of fused-ring (bicyclic) bond motifs is 1. The monoisotopic (exact) mass is 419 g/mol. The number of carbonyl (C=O) groups excluding carboxylic acids is 1. The molecule has 2 heterocycles. The van der Waals surface area contributed by atoms with Crippen LogP contribution in [-0.4, -0.2) is 36.7 Å². The number of amides is 1. The summed E-state index contributed by atoms with van der Waals surface area (Å²) in [4.78, 5) is 18.9. The van der Waals surface area contributed by atoms with E-state index in [0.717, 1.165) is 25.0 Å². The molecule has 1 aromatic heterocycles. The van der Waals surface area contributed by atoms with Gasteiger partial charge in [-0.2, -0.15) is 4.31 Å². The van der Waals surface area contributed by atoms with E-state index in [1.165, 1.54) is 9.18 Å². The van der Waals surface area contributed by atoms with E-state index in [1.807, 2.05) is 0 Å². The minimum absolute atomic E-state index is 0.132. The third kappa shape index (κ3) is 3.99. The molecule has 1 aliphatic heterocycles. The van der Waals surface area contributed by atoms with E-state index in [4.69, 9.17) is 0 Å². The van der Waals surface area contributed by atoms with Gasteiger partial charge in [-0.1, -0.05) is 25.1 Å². The second kappa shape index (κ2) is 7.93. The van der Waals surface area contributed by atoms with Crippen LogP contribution in [0.4, 0.5) is 5.13 Å². The fourth-order valence-electron chi connectivity index (χ4n) is 3.92. The number of thiazole rings is 1. The van der Waals surface area contributed by atoms with Crippen LogP contribution in [0, 0.1) is 11.8 Å². The van der Waals surface area contributed by atoms with Crippen molar-refractivity contribution in [3.05, 3.63) is 40.9 Å². The average Bonchev–Trinajstić information content (AvgIpc) is 3.10. The fraction of sp³-hybridized carbons (Fsp3) is 0.500. The second-order valence-corrected chi connectivity index (χ2v) is 10.8. The molecule has 150 valence electrons. The van der Waals surface area contributed by atoms with Crippen LogP contribution in [0.25, 0.3) is 0 Å². The van der Waals surface area contributed by atoms with Gasteiger partial charge in [0.1, 0.15) is 0 Å². The summed E-state index contributed by atoms with van der Waals surface area (Å²) in [7, 11) is -3.57. The largest absolute Gasteiger partial charge is 0.302 e. The molecular formula is C20H25N3O3S2. The lowest BCUT2D eigenvalue weighted by Crippen LogP contribution is -2.43. The van der Waals surface area contributed by atoms with Gasteiger partial charge in [-0.05, 0) is 50.2 Å². The zero-order valence-corrected chi connectivity index (χ0v) is 17.6. The molecule has 1 N–H and O–H groups in total. The lowest BCUT2D eigenvalue weighted by atomic mass is 9.93. The Bertz CT molecular complexity index is 956. The van der Waals surface area contributed by atoms with E-state index in [2.05, 4.69) is 17.2 Å². The van der Waals surface area contributed by atoms with Gasteiger partial charge in [0.2, 0.25) is 15.9 Å². The van der Waals surface area contributed by atoms with Crippen LogP contribution in [0.3, 0.4) is 0 Å². The summed E-state index contributed by atoms with van der Waals surface area (Å²) in [6, 6.07) is 8.41. The minimum Gasteiger partial charge on any atom is -0.302 e. The molecule has 6 nitrogen and oxygen atoms in total. The first-order chi connectivity index (χ1) is 13.4. The third-order valence-corrected chi connectivity index (χ3v) is 8.47. The van der Waals surface area contributed by atoms with Crippen LogP contribution in [0.1, 0.15) is 36.8 Å². The summed E-state index contributed by atoms with van der Waals surface area (Å²) >= 11 is 1.56. The van der Waals surface area contributed by atoms with E-state index >= 15 is 0 Å². The molecule has 1 amide bonds. The molecule has 2 aliphatic rings. The molecule has 0 saturated carbocycles. The average molecular weight is 420 g/mol. The van der Waals surface area contributed by atoms with Crippen molar-refractivity contribution in [1.82, 2.24) is 9.29 Å². The Morgan fingerprint density at radius 2 is 2.04 bits per heavy atom. The minimum atomic E-state index is -3.57. The molecule has 8 heteroatoms. The van der Waals surface area contributed by atoms with Gasteiger partial charge in [0.15, 0.2) is 5.13 Å². The summed E-state index contributed by atoms with van der Waals surface area (Å²) in [6.45, 7) is 2.90. The predicted molar refractivity (Wildman–Crippen MR) is 110 cm³/mol. The van der Waals surface area contributed by atoms with E-state index in [-0.39, 0.29) is 23.3 Å². The number of nitrogens with one attached hydrogen (secondary N) is 1. The molecule has 2 unspecified atom stereocenters. The molecule has 1 aliphatic carbocycles. The number of piperidine rings is 1. The molecule has 0 spiro atoms. The van der Waals surface area contributed by atoms with Crippen LogP contribution in [0.2, 0.25) is 0 Å². The number of anilines is 1.